The smallest absolute Gasteiger partial charge is 0.258 e. The molecule has 0 saturated carbocycles. The maximum atomic E-state index is 13.0. The number of ether oxygens (including phenoxy) is 1. The molecule has 170 valence electrons. The number of nitrogens with one attached hydrogen (secondary N) is 3. The van der Waals surface area contributed by atoms with Gasteiger partial charge >= 0.3 is 0 Å². The topological polar surface area (TPSA) is 91.8 Å². The monoisotopic (exact) mass is 436 g/mol. The van der Waals surface area contributed by atoms with Crippen molar-refractivity contribution in [2.45, 2.75) is 52.6 Å². The van der Waals surface area contributed by atoms with E-state index >= 15 is 0 Å². The summed E-state index contributed by atoms with van der Waals surface area (Å²) in [5.41, 5.74) is 3.97. The van der Waals surface area contributed by atoms with Gasteiger partial charge in [0.1, 0.15) is 0 Å². The van der Waals surface area contributed by atoms with Gasteiger partial charge in [-0.05, 0) is 61.1 Å². The number of amides is 2. The largest absolute Gasteiger partial charge is 0.376 e. The Bertz CT molecular complexity index is 994. The number of carbonyl (C=O) groups is 2. The molecule has 1 atom stereocenters. The van der Waals surface area contributed by atoms with Gasteiger partial charge in [0.15, 0.2) is 0 Å². The first-order chi connectivity index (χ1) is 15.3. The van der Waals surface area contributed by atoms with Crippen molar-refractivity contribution in [1.29, 1.82) is 0 Å². The van der Waals surface area contributed by atoms with Crippen molar-refractivity contribution in [3.05, 3.63) is 59.2 Å². The lowest BCUT2D eigenvalue weighted by molar-refractivity contribution is -0.114. The van der Waals surface area contributed by atoms with E-state index in [-0.39, 0.29) is 17.9 Å². The fourth-order valence-corrected chi connectivity index (χ4v) is 3.47. The standard InChI is InChI=1S/C25H32N4O3/c1-16(2)19-7-5-8-21(13-19)28-25(26-15-22-9-6-12-32-22)29-24(31)20-11-10-17(3)23(14-20)27-18(4)30/h5,7-8,10-11,13-14,16,22H,6,9,12,15H2,1-4H3,(H,27,30)(H2,26,28,29,31)/t22-/m0/s1. The van der Waals surface area contributed by atoms with Crippen LogP contribution in [0.2, 0.25) is 0 Å². The SMILES string of the molecule is CC(=O)Nc1cc(C(=O)NC(=NC[C@@H]2CCCO2)Nc2cccc(C(C)C)c2)ccc1C. The van der Waals surface area contributed by atoms with E-state index in [0.717, 1.165) is 30.7 Å². The van der Waals surface area contributed by atoms with Crippen molar-refractivity contribution in [3.63, 3.8) is 0 Å². The number of rotatable bonds is 6. The van der Waals surface area contributed by atoms with Crippen LogP contribution in [0.15, 0.2) is 47.5 Å². The first-order valence-corrected chi connectivity index (χ1v) is 11.0. The molecule has 2 aromatic carbocycles. The van der Waals surface area contributed by atoms with Crippen LogP contribution >= 0.6 is 0 Å². The van der Waals surface area contributed by atoms with Gasteiger partial charge < -0.3 is 15.4 Å². The number of aliphatic imine (C=N–C) groups is 1. The Hall–Kier alpha value is -3.19. The van der Waals surface area contributed by atoms with E-state index in [4.69, 9.17) is 4.74 Å². The molecule has 0 aromatic heterocycles. The molecule has 32 heavy (non-hydrogen) atoms. The summed E-state index contributed by atoms with van der Waals surface area (Å²) in [5.74, 6) is 0.262. The van der Waals surface area contributed by atoms with Gasteiger partial charge in [0.25, 0.3) is 5.91 Å². The summed E-state index contributed by atoms with van der Waals surface area (Å²) in [6.45, 7) is 8.81. The van der Waals surface area contributed by atoms with Crippen molar-refractivity contribution in [2.75, 3.05) is 23.8 Å². The molecule has 0 unspecified atom stereocenters. The van der Waals surface area contributed by atoms with Gasteiger partial charge in [-0.25, -0.2) is 4.99 Å². The minimum Gasteiger partial charge on any atom is -0.376 e. The predicted octanol–water partition coefficient (Wildman–Crippen LogP) is 4.45. The van der Waals surface area contributed by atoms with Crippen LogP contribution in [0.3, 0.4) is 0 Å². The lowest BCUT2D eigenvalue weighted by Gasteiger charge is -2.15. The molecule has 1 aliphatic rings. The third kappa shape index (κ3) is 6.65. The lowest BCUT2D eigenvalue weighted by atomic mass is 10.0. The molecule has 0 spiro atoms. The van der Waals surface area contributed by atoms with E-state index in [9.17, 15) is 9.59 Å². The van der Waals surface area contributed by atoms with Crippen LogP contribution < -0.4 is 16.0 Å². The second-order valence-corrected chi connectivity index (χ2v) is 8.39. The summed E-state index contributed by atoms with van der Waals surface area (Å²) in [7, 11) is 0. The van der Waals surface area contributed by atoms with Crippen molar-refractivity contribution in [2.24, 2.45) is 4.99 Å². The zero-order chi connectivity index (χ0) is 23.1. The Morgan fingerprint density at radius 2 is 1.97 bits per heavy atom. The summed E-state index contributed by atoms with van der Waals surface area (Å²) >= 11 is 0. The number of carbonyl (C=O) groups excluding carboxylic acids is 2. The van der Waals surface area contributed by atoms with Crippen molar-refractivity contribution >= 4 is 29.1 Å². The molecule has 3 N–H and O–H groups in total. The Morgan fingerprint density at radius 1 is 1.16 bits per heavy atom. The molecule has 1 aliphatic heterocycles. The van der Waals surface area contributed by atoms with Gasteiger partial charge in [-0.3, -0.25) is 14.9 Å². The van der Waals surface area contributed by atoms with Gasteiger partial charge in [0.05, 0.1) is 12.6 Å². The molecule has 7 heteroatoms. The molecule has 0 radical (unpaired) electrons. The Morgan fingerprint density at radius 3 is 2.66 bits per heavy atom. The van der Waals surface area contributed by atoms with Gasteiger partial charge in [-0.2, -0.15) is 0 Å². The van der Waals surface area contributed by atoms with Gasteiger partial charge in [-0.15, -0.1) is 0 Å². The predicted molar refractivity (Wildman–Crippen MR) is 128 cm³/mol. The fraction of sp³-hybridized carbons (Fsp3) is 0.400. The quantitative estimate of drug-likeness (QED) is 0.461. The molecule has 2 aromatic rings. The average Bonchev–Trinajstić information content (AvgIpc) is 3.27. The van der Waals surface area contributed by atoms with Gasteiger partial charge in [0, 0.05) is 30.5 Å². The number of anilines is 2. The first-order valence-electron chi connectivity index (χ1n) is 11.0. The minimum absolute atomic E-state index is 0.0662. The second-order valence-electron chi connectivity index (χ2n) is 8.39. The van der Waals surface area contributed by atoms with E-state index in [1.165, 1.54) is 12.5 Å². The second kappa shape index (κ2) is 10.9. The maximum absolute atomic E-state index is 13.0. The molecule has 2 amide bonds. The number of hydrogen-bond acceptors (Lipinski definition) is 4. The van der Waals surface area contributed by atoms with Crippen LogP contribution in [0.25, 0.3) is 0 Å². The highest BCUT2D eigenvalue weighted by Gasteiger charge is 2.17. The summed E-state index contributed by atoms with van der Waals surface area (Å²) in [5, 5.41) is 8.90. The van der Waals surface area contributed by atoms with E-state index in [1.54, 1.807) is 12.1 Å². The van der Waals surface area contributed by atoms with Crippen molar-refractivity contribution in [3.8, 4) is 0 Å². The fourth-order valence-electron chi connectivity index (χ4n) is 3.47. The minimum atomic E-state index is -0.310. The summed E-state index contributed by atoms with van der Waals surface area (Å²) in [4.78, 5) is 29.1. The van der Waals surface area contributed by atoms with Crippen LogP contribution in [0, 0.1) is 6.92 Å². The molecule has 3 rings (SSSR count). The summed E-state index contributed by atoms with van der Waals surface area (Å²) in [6, 6.07) is 13.3. The number of benzene rings is 2. The van der Waals surface area contributed by atoms with Crippen LogP contribution in [0.4, 0.5) is 11.4 Å². The van der Waals surface area contributed by atoms with Crippen LogP contribution in [-0.2, 0) is 9.53 Å². The van der Waals surface area contributed by atoms with Crippen LogP contribution in [0.5, 0.6) is 0 Å². The molecule has 1 saturated heterocycles. The summed E-state index contributed by atoms with van der Waals surface area (Å²) < 4.78 is 5.67. The number of aryl methyl sites for hydroxylation is 1. The third-order valence-electron chi connectivity index (χ3n) is 5.34. The highest BCUT2D eigenvalue weighted by atomic mass is 16.5. The van der Waals surface area contributed by atoms with Crippen LogP contribution in [0.1, 0.15) is 61.0 Å². The highest BCUT2D eigenvalue weighted by Crippen LogP contribution is 2.19. The summed E-state index contributed by atoms with van der Waals surface area (Å²) in [6.07, 6.45) is 2.06. The van der Waals surface area contributed by atoms with E-state index in [1.807, 2.05) is 25.1 Å². The van der Waals surface area contributed by atoms with Crippen LogP contribution in [-0.4, -0.2) is 37.0 Å². The molecule has 0 aliphatic carbocycles. The molecule has 0 bridgehead atoms. The molecular formula is C25H32N4O3. The van der Waals surface area contributed by atoms with E-state index < -0.39 is 0 Å². The first kappa shape index (κ1) is 23.5. The lowest BCUT2D eigenvalue weighted by Crippen LogP contribution is -2.36. The Labute approximate surface area is 189 Å². The number of hydrogen-bond donors (Lipinski definition) is 3. The number of guanidine groups is 1. The third-order valence-corrected chi connectivity index (χ3v) is 5.34. The molecule has 1 fully saturated rings. The van der Waals surface area contributed by atoms with Crippen molar-refractivity contribution in [1.82, 2.24) is 5.32 Å². The van der Waals surface area contributed by atoms with Crippen molar-refractivity contribution < 1.29 is 14.3 Å². The molecule has 7 nitrogen and oxygen atoms in total. The van der Waals surface area contributed by atoms with Gasteiger partial charge in [0.2, 0.25) is 11.9 Å². The Kier molecular flexibility index (Phi) is 8.00. The number of nitrogens with zero attached hydrogens (tertiary/aromatic N) is 1. The highest BCUT2D eigenvalue weighted by molar-refractivity contribution is 6.10. The molecular weight excluding hydrogens is 404 g/mol. The maximum Gasteiger partial charge on any atom is 0.258 e. The average molecular weight is 437 g/mol. The Balaban J connectivity index is 1.80. The zero-order valence-electron chi connectivity index (χ0n) is 19.2. The van der Waals surface area contributed by atoms with E-state index in [2.05, 4.69) is 46.9 Å². The zero-order valence-corrected chi connectivity index (χ0v) is 19.2. The normalized spacial score (nSPS) is 16.2. The van der Waals surface area contributed by atoms with E-state index in [0.29, 0.717) is 29.7 Å². The van der Waals surface area contributed by atoms with Gasteiger partial charge in [-0.1, -0.05) is 32.0 Å². The molecule has 1 heterocycles.